The molecule has 24 heavy (non-hydrogen) atoms. The van der Waals surface area contributed by atoms with Crippen LogP contribution in [0.1, 0.15) is 76.0 Å². The van der Waals surface area contributed by atoms with Gasteiger partial charge in [-0.3, -0.25) is 10.1 Å². The first-order chi connectivity index (χ1) is 11.2. The SMILES string of the molecule is CC(C)c1cc(C(C)C)c(-c2[c]ccc([N+](=O)[O-])c2)c(C(C)C)c1. The third-order valence-corrected chi connectivity index (χ3v) is 4.40. The molecular formula is C21H26NO2. The van der Waals surface area contributed by atoms with Crippen molar-refractivity contribution < 1.29 is 4.92 Å². The van der Waals surface area contributed by atoms with Crippen LogP contribution in [0.3, 0.4) is 0 Å². The van der Waals surface area contributed by atoms with Crippen molar-refractivity contribution in [2.75, 3.05) is 0 Å². The number of non-ortho nitro benzene ring substituents is 1. The zero-order chi connectivity index (χ0) is 18.0. The van der Waals surface area contributed by atoms with Crippen molar-refractivity contribution in [3.05, 3.63) is 63.2 Å². The maximum atomic E-state index is 11.2. The smallest absolute Gasteiger partial charge is 0.258 e. The fraction of sp³-hybridized carbons (Fsp3) is 0.429. The van der Waals surface area contributed by atoms with E-state index in [4.69, 9.17) is 0 Å². The quantitative estimate of drug-likeness (QED) is 0.469. The van der Waals surface area contributed by atoms with Gasteiger partial charge in [-0.2, -0.15) is 0 Å². The highest BCUT2D eigenvalue weighted by Gasteiger charge is 2.20. The van der Waals surface area contributed by atoms with Gasteiger partial charge in [-0.05, 0) is 57.7 Å². The van der Waals surface area contributed by atoms with Crippen molar-refractivity contribution in [3.8, 4) is 11.1 Å². The summed E-state index contributed by atoms with van der Waals surface area (Å²) >= 11 is 0. The summed E-state index contributed by atoms with van der Waals surface area (Å²) in [6, 6.07) is 12.5. The van der Waals surface area contributed by atoms with Crippen LogP contribution in [0.2, 0.25) is 0 Å². The lowest BCUT2D eigenvalue weighted by Gasteiger charge is -2.23. The molecule has 3 heteroatoms. The third-order valence-electron chi connectivity index (χ3n) is 4.40. The number of hydrogen-bond donors (Lipinski definition) is 0. The Bertz CT molecular complexity index is 716. The van der Waals surface area contributed by atoms with Crippen molar-refractivity contribution in [3.63, 3.8) is 0 Å². The Balaban J connectivity index is 2.80. The van der Waals surface area contributed by atoms with E-state index in [1.165, 1.54) is 22.8 Å². The Labute approximate surface area is 144 Å². The minimum absolute atomic E-state index is 0.112. The van der Waals surface area contributed by atoms with Gasteiger partial charge in [-0.25, -0.2) is 0 Å². The minimum atomic E-state index is -0.343. The highest BCUT2D eigenvalue weighted by Crippen LogP contribution is 2.39. The largest absolute Gasteiger partial charge is 0.270 e. The van der Waals surface area contributed by atoms with Crippen LogP contribution in [0, 0.1) is 16.2 Å². The summed E-state index contributed by atoms with van der Waals surface area (Å²) < 4.78 is 0. The van der Waals surface area contributed by atoms with Gasteiger partial charge < -0.3 is 0 Å². The molecule has 0 aliphatic carbocycles. The molecule has 0 aliphatic rings. The molecule has 0 heterocycles. The first-order valence-electron chi connectivity index (χ1n) is 8.56. The fourth-order valence-electron chi connectivity index (χ4n) is 2.98. The van der Waals surface area contributed by atoms with Crippen LogP contribution in [-0.2, 0) is 0 Å². The summed E-state index contributed by atoms with van der Waals surface area (Å²) in [4.78, 5) is 10.8. The molecule has 127 valence electrons. The van der Waals surface area contributed by atoms with Crippen LogP contribution < -0.4 is 0 Å². The summed E-state index contributed by atoms with van der Waals surface area (Å²) in [6.45, 7) is 13.1. The molecule has 2 rings (SSSR count). The Morgan fingerprint density at radius 1 is 0.917 bits per heavy atom. The number of hydrogen-bond acceptors (Lipinski definition) is 2. The predicted octanol–water partition coefficient (Wildman–Crippen LogP) is 6.43. The molecule has 0 atom stereocenters. The second-order valence-corrected chi connectivity index (χ2v) is 7.26. The molecule has 1 radical (unpaired) electrons. The molecule has 0 saturated carbocycles. The molecule has 0 unspecified atom stereocenters. The second kappa shape index (κ2) is 7.16. The van der Waals surface area contributed by atoms with Gasteiger partial charge in [0.25, 0.3) is 5.69 Å². The van der Waals surface area contributed by atoms with E-state index in [1.54, 1.807) is 12.1 Å². The van der Waals surface area contributed by atoms with Gasteiger partial charge in [0.15, 0.2) is 0 Å². The zero-order valence-corrected chi connectivity index (χ0v) is 15.4. The lowest BCUT2D eigenvalue weighted by atomic mass is 9.82. The number of rotatable bonds is 5. The molecule has 0 amide bonds. The van der Waals surface area contributed by atoms with Crippen LogP contribution >= 0.6 is 0 Å². The molecule has 0 saturated heterocycles. The minimum Gasteiger partial charge on any atom is -0.258 e. The van der Waals surface area contributed by atoms with Crippen LogP contribution in [0.15, 0.2) is 30.3 Å². The number of benzene rings is 2. The van der Waals surface area contributed by atoms with Gasteiger partial charge >= 0.3 is 0 Å². The molecule has 0 aliphatic heterocycles. The molecule has 2 aromatic rings. The van der Waals surface area contributed by atoms with E-state index in [0.717, 1.165) is 11.1 Å². The molecule has 0 bridgehead atoms. The zero-order valence-electron chi connectivity index (χ0n) is 15.4. The summed E-state index contributed by atoms with van der Waals surface area (Å²) in [5.74, 6) is 1.12. The van der Waals surface area contributed by atoms with E-state index in [1.807, 2.05) is 0 Å². The lowest BCUT2D eigenvalue weighted by molar-refractivity contribution is -0.384. The highest BCUT2D eigenvalue weighted by atomic mass is 16.6. The van der Waals surface area contributed by atoms with Gasteiger partial charge in [-0.15, -0.1) is 0 Å². The molecule has 0 spiro atoms. The topological polar surface area (TPSA) is 43.1 Å². The number of nitro groups is 1. The van der Waals surface area contributed by atoms with Gasteiger partial charge in [0.2, 0.25) is 0 Å². The van der Waals surface area contributed by atoms with Crippen LogP contribution in [0.5, 0.6) is 0 Å². The molecular weight excluding hydrogens is 298 g/mol. The van der Waals surface area contributed by atoms with Crippen molar-refractivity contribution >= 4 is 5.69 Å². The second-order valence-electron chi connectivity index (χ2n) is 7.26. The van der Waals surface area contributed by atoms with E-state index in [9.17, 15) is 10.1 Å². The standard InChI is InChI=1S/C21H26NO2/c1-13(2)17-11-19(14(3)4)21(20(12-17)15(5)6)16-8-7-9-18(10-16)22(23)24/h7,9-15H,1-6H3. The molecule has 0 aromatic heterocycles. The fourth-order valence-corrected chi connectivity index (χ4v) is 2.98. The van der Waals surface area contributed by atoms with Gasteiger partial charge in [0, 0.05) is 12.1 Å². The monoisotopic (exact) mass is 324 g/mol. The van der Waals surface area contributed by atoms with E-state index >= 15 is 0 Å². The van der Waals surface area contributed by atoms with Gasteiger partial charge in [0.05, 0.1) is 4.92 Å². The van der Waals surface area contributed by atoms with E-state index in [2.05, 4.69) is 59.7 Å². The molecule has 0 N–H and O–H groups in total. The first-order valence-corrected chi connectivity index (χ1v) is 8.56. The highest BCUT2D eigenvalue weighted by molar-refractivity contribution is 5.74. The van der Waals surface area contributed by atoms with Gasteiger partial charge in [0.1, 0.15) is 0 Å². The first kappa shape index (κ1) is 18.2. The molecule has 3 nitrogen and oxygen atoms in total. The van der Waals surface area contributed by atoms with Crippen molar-refractivity contribution in [1.29, 1.82) is 0 Å². The normalized spacial score (nSPS) is 11.5. The third kappa shape index (κ3) is 3.66. The Morgan fingerprint density at radius 3 is 1.88 bits per heavy atom. The van der Waals surface area contributed by atoms with Crippen molar-refractivity contribution in [1.82, 2.24) is 0 Å². The summed E-state index contributed by atoms with van der Waals surface area (Å²) in [5.41, 5.74) is 5.82. The lowest BCUT2D eigenvalue weighted by Crippen LogP contribution is -2.04. The van der Waals surface area contributed by atoms with Crippen molar-refractivity contribution in [2.24, 2.45) is 0 Å². The number of nitrogens with zero attached hydrogens (tertiary/aromatic N) is 1. The van der Waals surface area contributed by atoms with E-state index < -0.39 is 0 Å². The maximum absolute atomic E-state index is 11.2. The Hall–Kier alpha value is -2.16. The van der Waals surface area contributed by atoms with E-state index in [0.29, 0.717) is 17.8 Å². The summed E-state index contributed by atoms with van der Waals surface area (Å²) in [7, 11) is 0. The van der Waals surface area contributed by atoms with Crippen LogP contribution in [-0.4, -0.2) is 4.92 Å². The number of nitro benzene ring substituents is 1. The van der Waals surface area contributed by atoms with E-state index in [-0.39, 0.29) is 10.6 Å². The average molecular weight is 324 g/mol. The molecule has 2 aromatic carbocycles. The summed E-state index contributed by atoms with van der Waals surface area (Å²) in [6.07, 6.45) is 0. The van der Waals surface area contributed by atoms with Crippen molar-refractivity contribution in [2.45, 2.75) is 59.3 Å². The predicted molar refractivity (Wildman–Crippen MR) is 99.6 cm³/mol. The maximum Gasteiger partial charge on any atom is 0.270 e. The molecule has 0 fully saturated rings. The Morgan fingerprint density at radius 2 is 1.46 bits per heavy atom. The summed E-state index contributed by atoms with van der Waals surface area (Å²) in [5, 5.41) is 11.2. The average Bonchev–Trinajstić information content (AvgIpc) is 2.53. The van der Waals surface area contributed by atoms with Crippen LogP contribution in [0.4, 0.5) is 5.69 Å². The van der Waals surface area contributed by atoms with Crippen LogP contribution in [0.25, 0.3) is 11.1 Å². The Kier molecular flexibility index (Phi) is 5.43. The van der Waals surface area contributed by atoms with Gasteiger partial charge in [-0.1, -0.05) is 53.7 Å².